The summed E-state index contributed by atoms with van der Waals surface area (Å²) in [5.41, 5.74) is 3.30. The molecule has 1 fully saturated rings. The molecule has 1 amide bonds. The zero-order chi connectivity index (χ0) is 20.4. The highest BCUT2D eigenvalue weighted by atomic mass is 32.1. The quantitative estimate of drug-likeness (QED) is 0.560. The molecule has 4 rings (SSSR count). The number of hydrogen-bond donors (Lipinski definition) is 1. The van der Waals surface area contributed by atoms with Gasteiger partial charge in [-0.2, -0.15) is 0 Å². The molecule has 0 radical (unpaired) electrons. The van der Waals surface area contributed by atoms with Crippen LogP contribution in [0.2, 0.25) is 0 Å². The van der Waals surface area contributed by atoms with Crippen molar-refractivity contribution >= 4 is 27.5 Å². The molecule has 1 saturated carbocycles. The van der Waals surface area contributed by atoms with Gasteiger partial charge in [0.1, 0.15) is 10.7 Å². The monoisotopic (exact) mass is 408 g/mol. The Balaban J connectivity index is 1.33. The number of aryl methyl sites for hydroxylation is 2. The Bertz CT molecular complexity index is 1010. The number of carbonyl (C=O) groups is 1. The van der Waals surface area contributed by atoms with Crippen molar-refractivity contribution in [1.29, 1.82) is 0 Å². The smallest absolute Gasteiger partial charge is 0.261 e. The van der Waals surface area contributed by atoms with E-state index in [0.717, 1.165) is 51.7 Å². The van der Waals surface area contributed by atoms with Gasteiger partial charge < -0.3 is 10.2 Å². The first-order chi connectivity index (χ1) is 14.0. The number of nitrogens with zero attached hydrogens (tertiary/aromatic N) is 3. The second kappa shape index (κ2) is 8.59. The molecule has 1 aromatic carbocycles. The molecule has 0 unspecified atom stereocenters. The van der Waals surface area contributed by atoms with Crippen LogP contribution in [-0.4, -0.2) is 40.9 Å². The van der Waals surface area contributed by atoms with Crippen LogP contribution in [-0.2, 0) is 6.54 Å². The lowest BCUT2D eigenvalue weighted by Crippen LogP contribution is -2.28. The Morgan fingerprint density at radius 1 is 1.21 bits per heavy atom. The number of fused-ring (bicyclic) bond motifs is 1. The maximum atomic E-state index is 12.8. The first-order valence-corrected chi connectivity index (χ1v) is 11.1. The van der Waals surface area contributed by atoms with Gasteiger partial charge in [-0.05, 0) is 57.8 Å². The fraction of sp³-hybridized carbons (Fsp3) is 0.435. The van der Waals surface area contributed by atoms with E-state index < -0.39 is 0 Å². The van der Waals surface area contributed by atoms with Gasteiger partial charge in [0.2, 0.25) is 0 Å². The number of thiophene rings is 1. The summed E-state index contributed by atoms with van der Waals surface area (Å²) in [6.45, 7) is 6.57. The highest BCUT2D eigenvalue weighted by molar-refractivity contribution is 7.20. The van der Waals surface area contributed by atoms with E-state index in [2.05, 4.69) is 46.5 Å². The molecule has 0 saturated heterocycles. The summed E-state index contributed by atoms with van der Waals surface area (Å²) in [7, 11) is 2.11. The van der Waals surface area contributed by atoms with Crippen LogP contribution < -0.4 is 5.32 Å². The molecule has 5 nitrogen and oxygen atoms in total. The van der Waals surface area contributed by atoms with E-state index in [0.29, 0.717) is 12.5 Å². The third-order valence-electron chi connectivity index (χ3n) is 5.43. The lowest BCUT2D eigenvalue weighted by molar-refractivity contribution is 0.0955. The van der Waals surface area contributed by atoms with Crippen molar-refractivity contribution in [2.24, 2.45) is 0 Å². The third-order valence-corrected chi connectivity index (χ3v) is 6.62. The number of rotatable bonds is 8. The molecule has 29 heavy (non-hydrogen) atoms. The zero-order valence-electron chi connectivity index (χ0n) is 17.4. The second-order valence-corrected chi connectivity index (χ2v) is 9.01. The van der Waals surface area contributed by atoms with Gasteiger partial charge in [0, 0.05) is 24.4 Å². The van der Waals surface area contributed by atoms with Crippen molar-refractivity contribution in [3.63, 3.8) is 0 Å². The first-order valence-electron chi connectivity index (χ1n) is 10.3. The molecular formula is C23H28N4OS. The van der Waals surface area contributed by atoms with Crippen LogP contribution in [0.1, 0.15) is 57.5 Å². The predicted molar refractivity (Wildman–Crippen MR) is 119 cm³/mol. The van der Waals surface area contributed by atoms with E-state index in [1.807, 2.05) is 19.9 Å². The Hall–Kier alpha value is -2.31. The molecule has 3 aromatic rings. The van der Waals surface area contributed by atoms with Gasteiger partial charge in [-0.1, -0.05) is 30.3 Å². The maximum Gasteiger partial charge on any atom is 0.261 e. The highest BCUT2D eigenvalue weighted by Crippen LogP contribution is 2.40. The van der Waals surface area contributed by atoms with Gasteiger partial charge in [-0.25, -0.2) is 9.97 Å². The number of aromatic nitrogens is 2. The van der Waals surface area contributed by atoms with Crippen molar-refractivity contribution in [2.75, 3.05) is 20.1 Å². The van der Waals surface area contributed by atoms with Crippen LogP contribution in [0.4, 0.5) is 0 Å². The van der Waals surface area contributed by atoms with Gasteiger partial charge in [0.05, 0.1) is 10.6 Å². The van der Waals surface area contributed by atoms with Gasteiger partial charge in [0.15, 0.2) is 0 Å². The summed E-state index contributed by atoms with van der Waals surface area (Å²) in [5, 5.41) is 4.13. The van der Waals surface area contributed by atoms with Crippen LogP contribution in [0.3, 0.4) is 0 Å². The Morgan fingerprint density at radius 3 is 2.69 bits per heavy atom. The summed E-state index contributed by atoms with van der Waals surface area (Å²) in [4.78, 5) is 26.2. The number of carbonyl (C=O) groups excluding carboxylic acids is 1. The summed E-state index contributed by atoms with van der Waals surface area (Å²) in [6.07, 6.45) is 3.28. The molecule has 0 aliphatic heterocycles. The SMILES string of the molecule is Cc1nc(C2CC2)nc2sc(C(=O)NCCCN(C)Cc3ccccc3)c(C)c12. The van der Waals surface area contributed by atoms with Crippen LogP contribution >= 0.6 is 11.3 Å². The summed E-state index contributed by atoms with van der Waals surface area (Å²) in [6, 6.07) is 10.5. The number of hydrogen-bond acceptors (Lipinski definition) is 5. The predicted octanol–water partition coefficient (Wildman–Crippen LogP) is 4.44. The molecule has 1 aliphatic rings. The number of amides is 1. The van der Waals surface area contributed by atoms with E-state index >= 15 is 0 Å². The van der Waals surface area contributed by atoms with Gasteiger partial charge >= 0.3 is 0 Å². The summed E-state index contributed by atoms with van der Waals surface area (Å²) >= 11 is 1.50. The minimum atomic E-state index is 0.00332. The average molecular weight is 409 g/mol. The highest BCUT2D eigenvalue weighted by Gasteiger charge is 2.28. The van der Waals surface area contributed by atoms with Crippen LogP contribution in [0.5, 0.6) is 0 Å². The maximum absolute atomic E-state index is 12.8. The standard InChI is InChI=1S/C23H28N4OS/c1-15-19-16(2)25-21(18-10-11-18)26-23(19)29-20(15)22(28)24-12-7-13-27(3)14-17-8-5-4-6-9-17/h4-6,8-9,18H,7,10-14H2,1-3H3,(H,24,28). The van der Waals surface area contributed by atoms with E-state index in [4.69, 9.17) is 4.98 Å². The average Bonchev–Trinajstić information content (AvgIpc) is 3.49. The molecule has 6 heteroatoms. The lowest BCUT2D eigenvalue weighted by Gasteiger charge is -2.16. The molecule has 0 bridgehead atoms. The third kappa shape index (κ3) is 4.65. The van der Waals surface area contributed by atoms with Crippen molar-refractivity contribution < 1.29 is 4.79 Å². The van der Waals surface area contributed by atoms with E-state index in [-0.39, 0.29) is 5.91 Å². The topological polar surface area (TPSA) is 58.1 Å². The molecule has 2 heterocycles. The Kier molecular flexibility index (Phi) is 5.92. The minimum absolute atomic E-state index is 0.00332. The summed E-state index contributed by atoms with van der Waals surface area (Å²) < 4.78 is 0. The molecule has 1 aliphatic carbocycles. The fourth-order valence-electron chi connectivity index (χ4n) is 3.71. The molecule has 152 valence electrons. The molecule has 0 spiro atoms. The Labute approximate surface area is 176 Å². The minimum Gasteiger partial charge on any atom is -0.351 e. The second-order valence-electron chi connectivity index (χ2n) is 8.01. The largest absolute Gasteiger partial charge is 0.351 e. The zero-order valence-corrected chi connectivity index (χ0v) is 18.2. The number of benzene rings is 1. The normalized spacial score (nSPS) is 13.9. The van der Waals surface area contributed by atoms with Crippen LogP contribution in [0, 0.1) is 13.8 Å². The van der Waals surface area contributed by atoms with Gasteiger partial charge in [-0.15, -0.1) is 11.3 Å². The first kappa shape index (κ1) is 20.0. The molecule has 0 atom stereocenters. The summed E-state index contributed by atoms with van der Waals surface area (Å²) in [5.74, 6) is 1.47. The van der Waals surface area contributed by atoms with E-state index in [9.17, 15) is 4.79 Å². The van der Waals surface area contributed by atoms with Gasteiger partial charge in [-0.3, -0.25) is 4.79 Å². The molecule has 2 aromatic heterocycles. The van der Waals surface area contributed by atoms with Crippen LogP contribution in [0.25, 0.3) is 10.2 Å². The fourth-order valence-corrected chi connectivity index (χ4v) is 4.86. The molecule has 1 N–H and O–H groups in total. The van der Waals surface area contributed by atoms with E-state index in [1.54, 1.807) is 0 Å². The van der Waals surface area contributed by atoms with Crippen molar-refractivity contribution in [1.82, 2.24) is 20.2 Å². The van der Waals surface area contributed by atoms with Crippen molar-refractivity contribution in [3.8, 4) is 0 Å². The van der Waals surface area contributed by atoms with Crippen LogP contribution in [0.15, 0.2) is 30.3 Å². The lowest BCUT2D eigenvalue weighted by atomic mass is 10.1. The van der Waals surface area contributed by atoms with Crippen molar-refractivity contribution in [3.05, 3.63) is 57.9 Å². The van der Waals surface area contributed by atoms with E-state index in [1.165, 1.54) is 29.7 Å². The Morgan fingerprint density at radius 2 is 1.97 bits per heavy atom. The molecular weight excluding hydrogens is 380 g/mol. The van der Waals surface area contributed by atoms with Gasteiger partial charge in [0.25, 0.3) is 5.91 Å². The van der Waals surface area contributed by atoms with Crippen molar-refractivity contribution in [2.45, 2.75) is 45.6 Å². The number of nitrogens with one attached hydrogen (secondary N) is 1.